The standard InChI is InChI=1S/C22H23N5OS2/c1-26(13-16-4-2-6-23-12-16)21-20-17(18-5-3-11-29-18)15-30-22(20)25-19(24-21)14-27-7-9-28-10-8-27/h2-6,11-12,15H,7-10,13-14H2,1H3. The van der Waals surface area contributed by atoms with Crippen molar-refractivity contribution in [1.29, 1.82) is 0 Å². The predicted molar refractivity (Wildman–Crippen MR) is 123 cm³/mol. The number of rotatable bonds is 6. The van der Waals surface area contributed by atoms with Crippen LogP contribution in [0.1, 0.15) is 11.4 Å². The topological polar surface area (TPSA) is 54.4 Å². The lowest BCUT2D eigenvalue weighted by Crippen LogP contribution is -2.36. The molecule has 4 aromatic heterocycles. The number of ether oxygens (including phenoxy) is 1. The number of aromatic nitrogens is 3. The van der Waals surface area contributed by atoms with E-state index in [1.54, 1.807) is 28.9 Å². The van der Waals surface area contributed by atoms with Gasteiger partial charge in [-0.25, -0.2) is 9.97 Å². The van der Waals surface area contributed by atoms with Gasteiger partial charge in [0, 0.05) is 54.9 Å². The number of pyridine rings is 1. The highest BCUT2D eigenvalue weighted by Gasteiger charge is 2.20. The largest absolute Gasteiger partial charge is 0.379 e. The van der Waals surface area contributed by atoms with E-state index in [1.165, 1.54) is 10.4 Å². The first-order valence-corrected chi connectivity index (χ1v) is 11.8. The highest BCUT2D eigenvalue weighted by Crippen LogP contribution is 2.40. The van der Waals surface area contributed by atoms with Crippen molar-refractivity contribution in [3.8, 4) is 10.4 Å². The molecule has 6 nitrogen and oxygen atoms in total. The van der Waals surface area contributed by atoms with E-state index < -0.39 is 0 Å². The van der Waals surface area contributed by atoms with Crippen molar-refractivity contribution in [2.24, 2.45) is 0 Å². The molecule has 0 amide bonds. The second kappa shape index (κ2) is 8.77. The molecule has 0 unspecified atom stereocenters. The summed E-state index contributed by atoms with van der Waals surface area (Å²) in [6, 6.07) is 8.34. The Kier molecular flexibility index (Phi) is 5.72. The molecule has 0 spiro atoms. The van der Waals surface area contributed by atoms with Crippen LogP contribution >= 0.6 is 22.7 Å². The molecule has 0 radical (unpaired) electrons. The van der Waals surface area contributed by atoms with Crippen LogP contribution in [0, 0.1) is 0 Å². The van der Waals surface area contributed by atoms with E-state index in [0.717, 1.165) is 66.8 Å². The minimum absolute atomic E-state index is 0.747. The Labute approximate surface area is 183 Å². The summed E-state index contributed by atoms with van der Waals surface area (Å²) >= 11 is 3.45. The van der Waals surface area contributed by atoms with Crippen molar-refractivity contribution in [2.75, 3.05) is 38.3 Å². The van der Waals surface area contributed by atoms with Crippen molar-refractivity contribution in [3.63, 3.8) is 0 Å². The van der Waals surface area contributed by atoms with Crippen LogP contribution in [0.25, 0.3) is 20.7 Å². The van der Waals surface area contributed by atoms with Gasteiger partial charge in [0.25, 0.3) is 0 Å². The quantitative estimate of drug-likeness (QED) is 0.449. The van der Waals surface area contributed by atoms with Crippen molar-refractivity contribution >= 4 is 38.7 Å². The molecule has 5 heterocycles. The normalized spacial score (nSPS) is 15.0. The summed E-state index contributed by atoms with van der Waals surface area (Å²) in [5, 5.41) is 5.47. The third kappa shape index (κ3) is 4.09. The third-order valence-electron chi connectivity index (χ3n) is 5.22. The predicted octanol–water partition coefficient (Wildman–Crippen LogP) is 4.28. The minimum Gasteiger partial charge on any atom is -0.379 e. The maximum atomic E-state index is 5.49. The Balaban J connectivity index is 1.55. The Morgan fingerprint density at radius 3 is 2.80 bits per heavy atom. The van der Waals surface area contributed by atoms with Crippen LogP contribution < -0.4 is 4.90 Å². The van der Waals surface area contributed by atoms with Gasteiger partial charge in [0.2, 0.25) is 0 Å². The van der Waals surface area contributed by atoms with Gasteiger partial charge >= 0.3 is 0 Å². The molecule has 1 aliphatic rings. The molecule has 5 rings (SSSR count). The van der Waals surface area contributed by atoms with E-state index in [4.69, 9.17) is 14.7 Å². The molecule has 154 valence electrons. The van der Waals surface area contributed by atoms with Crippen molar-refractivity contribution in [1.82, 2.24) is 19.9 Å². The maximum Gasteiger partial charge on any atom is 0.146 e. The summed E-state index contributed by atoms with van der Waals surface area (Å²) in [6.07, 6.45) is 3.72. The highest BCUT2D eigenvalue weighted by atomic mass is 32.1. The molecular weight excluding hydrogens is 414 g/mol. The maximum absolute atomic E-state index is 5.49. The van der Waals surface area contributed by atoms with Gasteiger partial charge in [0.1, 0.15) is 16.5 Å². The Morgan fingerprint density at radius 2 is 2.03 bits per heavy atom. The first-order valence-electron chi connectivity index (χ1n) is 10.00. The van der Waals surface area contributed by atoms with Gasteiger partial charge in [-0.1, -0.05) is 12.1 Å². The molecule has 0 aromatic carbocycles. The average molecular weight is 438 g/mol. The molecule has 0 atom stereocenters. The van der Waals surface area contributed by atoms with E-state index in [1.807, 2.05) is 12.3 Å². The van der Waals surface area contributed by atoms with E-state index in [-0.39, 0.29) is 0 Å². The lowest BCUT2D eigenvalue weighted by molar-refractivity contribution is 0.0331. The number of nitrogens with zero attached hydrogens (tertiary/aromatic N) is 5. The van der Waals surface area contributed by atoms with Gasteiger partial charge in [-0.2, -0.15) is 0 Å². The number of thiophene rings is 2. The molecule has 0 N–H and O–H groups in total. The number of fused-ring (bicyclic) bond motifs is 1. The number of hydrogen-bond donors (Lipinski definition) is 0. The molecule has 1 aliphatic heterocycles. The highest BCUT2D eigenvalue weighted by molar-refractivity contribution is 7.18. The van der Waals surface area contributed by atoms with Crippen molar-refractivity contribution in [2.45, 2.75) is 13.1 Å². The molecular formula is C22H23N5OS2. The third-order valence-corrected chi connectivity index (χ3v) is 7.00. The smallest absolute Gasteiger partial charge is 0.146 e. The Hall–Kier alpha value is -2.39. The van der Waals surface area contributed by atoms with Gasteiger partial charge in [-0.15, -0.1) is 22.7 Å². The fourth-order valence-corrected chi connectivity index (χ4v) is 5.50. The average Bonchev–Trinajstić information content (AvgIpc) is 3.44. The summed E-state index contributed by atoms with van der Waals surface area (Å²) in [7, 11) is 2.10. The summed E-state index contributed by atoms with van der Waals surface area (Å²) < 4.78 is 5.49. The number of anilines is 1. The van der Waals surface area contributed by atoms with Crippen LogP contribution in [-0.4, -0.2) is 53.2 Å². The molecule has 8 heteroatoms. The van der Waals surface area contributed by atoms with Crippen LogP contribution in [0.5, 0.6) is 0 Å². The minimum atomic E-state index is 0.747. The van der Waals surface area contributed by atoms with Crippen molar-refractivity contribution < 1.29 is 4.74 Å². The van der Waals surface area contributed by atoms with E-state index >= 15 is 0 Å². The zero-order valence-electron chi connectivity index (χ0n) is 16.8. The molecule has 4 aromatic rings. The SMILES string of the molecule is CN(Cc1cccnc1)c1nc(CN2CCOCC2)nc2scc(-c3cccs3)c12. The van der Waals surface area contributed by atoms with Gasteiger partial charge in [-0.05, 0) is 23.1 Å². The van der Waals surface area contributed by atoms with E-state index in [0.29, 0.717) is 0 Å². The summed E-state index contributed by atoms with van der Waals surface area (Å²) in [6.45, 7) is 4.89. The fourth-order valence-electron chi connectivity index (χ4n) is 3.73. The van der Waals surface area contributed by atoms with Crippen LogP contribution in [-0.2, 0) is 17.8 Å². The van der Waals surface area contributed by atoms with Crippen molar-refractivity contribution in [3.05, 3.63) is 58.8 Å². The van der Waals surface area contributed by atoms with Crippen LogP contribution in [0.2, 0.25) is 0 Å². The second-order valence-corrected chi connectivity index (χ2v) is 9.18. The molecule has 1 fully saturated rings. The summed E-state index contributed by atoms with van der Waals surface area (Å²) in [4.78, 5) is 21.1. The number of morpholine rings is 1. The lowest BCUT2D eigenvalue weighted by atomic mass is 10.2. The van der Waals surface area contributed by atoms with Crippen LogP contribution in [0.15, 0.2) is 47.4 Å². The first kappa shape index (κ1) is 19.6. The Bertz CT molecular complexity index is 1110. The number of hydrogen-bond acceptors (Lipinski definition) is 8. The lowest BCUT2D eigenvalue weighted by Gasteiger charge is -2.26. The first-order chi connectivity index (χ1) is 14.8. The Morgan fingerprint density at radius 1 is 1.13 bits per heavy atom. The molecule has 30 heavy (non-hydrogen) atoms. The van der Waals surface area contributed by atoms with Gasteiger partial charge in [0.15, 0.2) is 0 Å². The molecule has 1 saturated heterocycles. The summed E-state index contributed by atoms with van der Waals surface area (Å²) in [5.41, 5.74) is 2.38. The van der Waals surface area contributed by atoms with Crippen LogP contribution in [0.3, 0.4) is 0 Å². The van der Waals surface area contributed by atoms with E-state index in [2.05, 4.69) is 50.8 Å². The van der Waals surface area contributed by atoms with Gasteiger partial charge in [-0.3, -0.25) is 9.88 Å². The summed E-state index contributed by atoms with van der Waals surface area (Å²) in [5.74, 6) is 1.86. The molecule has 0 aliphatic carbocycles. The zero-order valence-corrected chi connectivity index (χ0v) is 18.5. The van der Waals surface area contributed by atoms with Gasteiger partial charge in [0.05, 0.1) is 25.1 Å². The van der Waals surface area contributed by atoms with Crippen LogP contribution in [0.4, 0.5) is 5.82 Å². The molecule has 0 bridgehead atoms. The van der Waals surface area contributed by atoms with E-state index in [9.17, 15) is 0 Å². The fraction of sp³-hybridized carbons (Fsp3) is 0.318. The van der Waals surface area contributed by atoms with Gasteiger partial charge < -0.3 is 9.64 Å². The molecule has 0 saturated carbocycles. The zero-order chi connectivity index (χ0) is 20.3. The monoisotopic (exact) mass is 437 g/mol. The second-order valence-electron chi connectivity index (χ2n) is 7.38.